The number of imide groups is 2. The van der Waals surface area contributed by atoms with Gasteiger partial charge in [-0.1, -0.05) is 17.7 Å². The van der Waals surface area contributed by atoms with Crippen LogP contribution in [0.5, 0.6) is 0 Å². The fourth-order valence-electron chi connectivity index (χ4n) is 5.75. The van der Waals surface area contributed by atoms with E-state index in [1.807, 2.05) is 19.1 Å². The molecule has 4 amide bonds. The van der Waals surface area contributed by atoms with Crippen LogP contribution in [0.1, 0.15) is 19.4 Å². The summed E-state index contributed by atoms with van der Waals surface area (Å²) >= 11 is 0. The first-order valence-corrected chi connectivity index (χ1v) is 9.82. The molecule has 3 fully saturated rings. The second-order valence-electron chi connectivity index (χ2n) is 8.82. The van der Waals surface area contributed by atoms with E-state index >= 15 is 0 Å². The molecular weight excluding hydrogens is 382 g/mol. The predicted molar refractivity (Wildman–Crippen MR) is 110 cm³/mol. The van der Waals surface area contributed by atoms with Gasteiger partial charge in [0.1, 0.15) is 0 Å². The highest BCUT2D eigenvalue weighted by molar-refractivity contribution is 6.34. The summed E-state index contributed by atoms with van der Waals surface area (Å²) < 4.78 is 0. The highest BCUT2D eigenvalue weighted by Crippen LogP contribution is 2.71. The van der Waals surface area contributed by atoms with Gasteiger partial charge in [-0.3, -0.25) is 19.2 Å². The van der Waals surface area contributed by atoms with Crippen molar-refractivity contribution in [3.05, 3.63) is 54.1 Å². The first-order chi connectivity index (χ1) is 14.1. The summed E-state index contributed by atoms with van der Waals surface area (Å²) in [4.78, 5) is 55.8. The molecule has 0 spiro atoms. The number of rotatable bonds is 2. The van der Waals surface area contributed by atoms with Gasteiger partial charge in [0, 0.05) is 5.69 Å². The van der Waals surface area contributed by atoms with Crippen LogP contribution in [0.3, 0.4) is 0 Å². The maximum absolute atomic E-state index is 13.4. The molecule has 0 aromatic heterocycles. The minimum atomic E-state index is -1.25. The van der Waals surface area contributed by atoms with Crippen LogP contribution in [0.15, 0.2) is 48.5 Å². The van der Waals surface area contributed by atoms with Crippen LogP contribution in [0.4, 0.5) is 17.1 Å². The zero-order valence-corrected chi connectivity index (χ0v) is 16.9. The minimum Gasteiger partial charge on any atom is -0.399 e. The smallest absolute Gasteiger partial charge is 0.241 e. The first-order valence-electron chi connectivity index (χ1n) is 9.82. The van der Waals surface area contributed by atoms with Gasteiger partial charge in [-0.15, -0.1) is 0 Å². The summed E-state index contributed by atoms with van der Waals surface area (Å²) in [6, 6.07) is 13.5. The zero-order valence-electron chi connectivity index (χ0n) is 16.9. The molecule has 0 radical (unpaired) electrons. The van der Waals surface area contributed by atoms with E-state index in [0.29, 0.717) is 17.1 Å². The number of fused-ring (bicyclic) bond motifs is 4. The van der Waals surface area contributed by atoms with E-state index in [9.17, 15) is 19.2 Å². The van der Waals surface area contributed by atoms with E-state index in [1.54, 1.807) is 50.2 Å². The van der Waals surface area contributed by atoms with Gasteiger partial charge in [-0.05, 0) is 57.2 Å². The van der Waals surface area contributed by atoms with Gasteiger partial charge in [-0.2, -0.15) is 0 Å². The third-order valence-electron chi connectivity index (χ3n) is 7.10. The third kappa shape index (κ3) is 1.90. The Morgan fingerprint density at radius 1 is 0.700 bits per heavy atom. The second kappa shape index (κ2) is 5.56. The summed E-state index contributed by atoms with van der Waals surface area (Å²) in [7, 11) is 0. The van der Waals surface area contributed by atoms with Crippen molar-refractivity contribution in [2.24, 2.45) is 22.7 Å². The number of hydrogen-bond donors (Lipinski definition) is 1. The molecule has 2 aliphatic heterocycles. The van der Waals surface area contributed by atoms with Crippen molar-refractivity contribution in [3.8, 4) is 0 Å². The number of nitrogen functional groups attached to an aromatic ring is 1. The SMILES string of the molecule is Cc1ccc(N2C(=O)C3C(C)(C2=O)C2C(=O)N(c4ccc(N)cc4)C(=O)C32C)cc1. The van der Waals surface area contributed by atoms with Crippen LogP contribution in [0.2, 0.25) is 0 Å². The number of anilines is 3. The Kier molecular flexibility index (Phi) is 3.44. The summed E-state index contributed by atoms with van der Waals surface area (Å²) in [6.45, 7) is 5.18. The lowest BCUT2D eigenvalue weighted by molar-refractivity contribution is -0.179. The summed E-state index contributed by atoms with van der Waals surface area (Å²) in [5.41, 5.74) is 5.59. The molecular formula is C23H21N3O4. The topological polar surface area (TPSA) is 101 Å². The Morgan fingerprint density at radius 3 is 1.47 bits per heavy atom. The predicted octanol–water partition coefficient (Wildman–Crippen LogP) is 2.28. The Hall–Kier alpha value is -3.48. The van der Waals surface area contributed by atoms with Crippen molar-refractivity contribution in [1.29, 1.82) is 0 Å². The van der Waals surface area contributed by atoms with Gasteiger partial charge < -0.3 is 5.73 Å². The zero-order chi connectivity index (χ0) is 21.6. The van der Waals surface area contributed by atoms with Gasteiger partial charge in [0.15, 0.2) is 0 Å². The molecule has 4 atom stereocenters. The number of amides is 4. The molecule has 30 heavy (non-hydrogen) atoms. The molecule has 152 valence electrons. The van der Waals surface area contributed by atoms with E-state index in [2.05, 4.69) is 0 Å². The summed E-state index contributed by atoms with van der Waals surface area (Å²) in [5, 5.41) is 0. The molecule has 2 heterocycles. The standard InChI is InChI=1S/C23H21N3O4/c1-12-4-8-14(9-5-12)25-18(27)16-22(2,20(25)29)17-19(28)26(21(30)23(16,17)3)15-10-6-13(24)7-11-15/h4-11,16-17H,24H2,1-3H3. The van der Waals surface area contributed by atoms with Gasteiger partial charge in [-0.25, -0.2) is 9.80 Å². The molecule has 1 saturated carbocycles. The van der Waals surface area contributed by atoms with Crippen molar-refractivity contribution in [1.82, 2.24) is 0 Å². The number of benzene rings is 2. The number of nitrogens with two attached hydrogens (primary N) is 1. The Bertz CT molecular complexity index is 1040. The third-order valence-corrected chi connectivity index (χ3v) is 7.10. The van der Waals surface area contributed by atoms with Crippen molar-refractivity contribution in [3.63, 3.8) is 0 Å². The maximum atomic E-state index is 13.4. The van der Waals surface area contributed by atoms with Crippen molar-refractivity contribution in [2.75, 3.05) is 15.5 Å². The molecule has 3 aliphatic rings. The van der Waals surface area contributed by atoms with E-state index in [1.165, 1.54) is 0 Å². The number of hydrogen-bond acceptors (Lipinski definition) is 5. The Balaban J connectivity index is 1.58. The van der Waals surface area contributed by atoms with Gasteiger partial charge >= 0.3 is 0 Å². The molecule has 7 nitrogen and oxygen atoms in total. The van der Waals surface area contributed by atoms with Crippen LogP contribution in [0, 0.1) is 29.6 Å². The highest BCUT2D eigenvalue weighted by Gasteiger charge is 2.85. The quantitative estimate of drug-likeness (QED) is 0.612. The van der Waals surface area contributed by atoms with E-state index in [-0.39, 0.29) is 0 Å². The lowest BCUT2D eigenvalue weighted by atomic mass is 9.41. The van der Waals surface area contributed by atoms with E-state index in [0.717, 1.165) is 15.4 Å². The van der Waals surface area contributed by atoms with Crippen LogP contribution in [0.25, 0.3) is 0 Å². The summed E-state index contributed by atoms with van der Waals surface area (Å²) in [6.07, 6.45) is 0. The summed E-state index contributed by atoms with van der Waals surface area (Å²) in [5.74, 6) is -3.50. The molecule has 2 saturated heterocycles. The van der Waals surface area contributed by atoms with Crippen molar-refractivity contribution in [2.45, 2.75) is 20.8 Å². The number of nitrogens with zero attached hydrogens (tertiary/aromatic N) is 2. The largest absolute Gasteiger partial charge is 0.399 e. The van der Waals surface area contributed by atoms with Crippen LogP contribution >= 0.6 is 0 Å². The average molecular weight is 403 g/mol. The maximum Gasteiger partial charge on any atom is 0.241 e. The molecule has 0 bridgehead atoms. The molecule has 2 N–H and O–H groups in total. The van der Waals surface area contributed by atoms with Crippen LogP contribution in [-0.4, -0.2) is 23.6 Å². The number of carbonyl (C=O) groups excluding carboxylic acids is 4. The molecule has 2 aromatic rings. The molecule has 2 aromatic carbocycles. The Morgan fingerprint density at radius 2 is 1.07 bits per heavy atom. The fourth-order valence-corrected chi connectivity index (χ4v) is 5.75. The van der Waals surface area contributed by atoms with E-state index in [4.69, 9.17) is 5.73 Å². The van der Waals surface area contributed by atoms with Crippen molar-refractivity contribution < 1.29 is 19.2 Å². The number of aryl methyl sites for hydroxylation is 1. The number of carbonyl (C=O) groups is 4. The van der Waals surface area contributed by atoms with Crippen LogP contribution in [-0.2, 0) is 19.2 Å². The van der Waals surface area contributed by atoms with Crippen molar-refractivity contribution >= 4 is 40.7 Å². The first kappa shape index (κ1) is 18.5. The molecule has 4 unspecified atom stereocenters. The fraction of sp³-hybridized carbons (Fsp3) is 0.304. The second-order valence-corrected chi connectivity index (χ2v) is 8.82. The lowest BCUT2D eigenvalue weighted by Gasteiger charge is -2.53. The Labute approximate surface area is 173 Å². The van der Waals surface area contributed by atoms with E-state index < -0.39 is 46.3 Å². The normalized spacial score (nSPS) is 32.4. The minimum absolute atomic E-state index is 0.395. The van der Waals surface area contributed by atoms with Crippen LogP contribution < -0.4 is 15.5 Å². The molecule has 5 rings (SSSR count). The average Bonchev–Trinajstić information content (AvgIpc) is 2.98. The lowest BCUT2D eigenvalue weighted by Crippen LogP contribution is -2.65. The molecule has 7 heteroatoms. The monoisotopic (exact) mass is 403 g/mol. The highest BCUT2D eigenvalue weighted by atomic mass is 16.2. The van der Waals surface area contributed by atoms with Gasteiger partial charge in [0.2, 0.25) is 23.6 Å². The van der Waals surface area contributed by atoms with Gasteiger partial charge in [0.05, 0.1) is 34.0 Å². The molecule has 1 aliphatic carbocycles. The van der Waals surface area contributed by atoms with Gasteiger partial charge in [0.25, 0.3) is 0 Å².